The molecule has 0 aliphatic carbocycles. The van der Waals surface area contributed by atoms with Gasteiger partial charge in [-0.15, -0.1) is 0 Å². The molecule has 0 unspecified atom stereocenters. The van der Waals surface area contributed by atoms with Crippen molar-refractivity contribution in [1.82, 2.24) is 9.80 Å². The summed E-state index contributed by atoms with van der Waals surface area (Å²) in [6.45, 7) is 5.81. The van der Waals surface area contributed by atoms with Gasteiger partial charge < -0.3 is 14.7 Å². The van der Waals surface area contributed by atoms with Crippen LogP contribution in [0.25, 0.3) is 0 Å². The van der Waals surface area contributed by atoms with Crippen LogP contribution in [0.1, 0.15) is 17.0 Å². The number of nitrogens with zero attached hydrogens (tertiary/aromatic N) is 2. The van der Waals surface area contributed by atoms with Gasteiger partial charge in [0, 0.05) is 38.6 Å². The minimum absolute atomic E-state index is 0.188. The Bertz CT molecular complexity index is 588. The first-order valence-corrected chi connectivity index (χ1v) is 9.49. The molecule has 0 saturated carbocycles. The molecule has 1 aliphatic heterocycles. The SMILES string of the molecule is CN1CCN(C[C@@H](O)COCC(c2ccccc2)c2ccccc2)CC1. The maximum Gasteiger partial charge on any atom is 0.0900 e. The van der Waals surface area contributed by atoms with E-state index in [1.54, 1.807) is 0 Å². The second kappa shape index (κ2) is 9.83. The van der Waals surface area contributed by atoms with E-state index in [9.17, 15) is 5.11 Å². The molecule has 1 saturated heterocycles. The third-order valence-corrected chi connectivity index (χ3v) is 5.06. The van der Waals surface area contributed by atoms with E-state index in [1.165, 1.54) is 11.1 Å². The lowest BCUT2D eigenvalue weighted by Gasteiger charge is -2.33. The first-order valence-electron chi connectivity index (χ1n) is 9.49. The Morgan fingerprint density at radius 1 is 0.846 bits per heavy atom. The molecule has 0 aromatic heterocycles. The fourth-order valence-corrected chi connectivity index (χ4v) is 3.46. The van der Waals surface area contributed by atoms with E-state index in [0.717, 1.165) is 26.2 Å². The molecule has 1 atom stereocenters. The van der Waals surface area contributed by atoms with Gasteiger partial charge in [0.25, 0.3) is 0 Å². The Kier molecular flexibility index (Phi) is 7.21. The Hall–Kier alpha value is -1.72. The largest absolute Gasteiger partial charge is 0.389 e. The third-order valence-electron chi connectivity index (χ3n) is 5.06. The lowest BCUT2D eigenvalue weighted by Crippen LogP contribution is -2.47. The van der Waals surface area contributed by atoms with Crippen LogP contribution in [0.4, 0.5) is 0 Å². The summed E-state index contributed by atoms with van der Waals surface area (Å²) < 4.78 is 5.94. The van der Waals surface area contributed by atoms with Crippen molar-refractivity contribution in [3.8, 4) is 0 Å². The number of hydrogen-bond acceptors (Lipinski definition) is 4. The smallest absolute Gasteiger partial charge is 0.0900 e. The van der Waals surface area contributed by atoms with Crippen LogP contribution in [0.2, 0.25) is 0 Å². The molecule has 26 heavy (non-hydrogen) atoms. The number of β-amino-alcohol motifs (C(OH)–C–C–N with tert-alkyl or cyclic N) is 1. The summed E-state index contributed by atoms with van der Waals surface area (Å²) in [6.07, 6.45) is -0.439. The number of piperazine rings is 1. The summed E-state index contributed by atoms with van der Waals surface area (Å²) in [6, 6.07) is 20.9. The van der Waals surface area contributed by atoms with Crippen molar-refractivity contribution < 1.29 is 9.84 Å². The van der Waals surface area contributed by atoms with Gasteiger partial charge in [-0.25, -0.2) is 0 Å². The topological polar surface area (TPSA) is 35.9 Å². The average molecular weight is 354 g/mol. The molecule has 3 rings (SSSR count). The van der Waals surface area contributed by atoms with Gasteiger partial charge in [0.2, 0.25) is 0 Å². The van der Waals surface area contributed by atoms with Gasteiger partial charge in [0.1, 0.15) is 0 Å². The number of aliphatic hydroxyl groups is 1. The predicted molar refractivity (Wildman–Crippen MR) is 105 cm³/mol. The Labute approximate surface area is 157 Å². The molecule has 0 spiro atoms. The zero-order valence-corrected chi connectivity index (χ0v) is 15.6. The van der Waals surface area contributed by atoms with E-state index < -0.39 is 6.10 Å². The van der Waals surface area contributed by atoms with Gasteiger partial charge in [-0.2, -0.15) is 0 Å². The first kappa shape index (κ1) is 19.1. The van der Waals surface area contributed by atoms with Gasteiger partial charge in [0.05, 0.1) is 19.3 Å². The van der Waals surface area contributed by atoms with Gasteiger partial charge in [-0.05, 0) is 18.2 Å². The minimum Gasteiger partial charge on any atom is -0.389 e. The number of hydrogen-bond donors (Lipinski definition) is 1. The maximum atomic E-state index is 10.3. The van der Waals surface area contributed by atoms with Crippen LogP contribution >= 0.6 is 0 Å². The van der Waals surface area contributed by atoms with E-state index in [2.05, 4.69) is 65.4 Å². The fraction of sp³-hybridized carbons (Fsp3) is 0.455. The van der Waals surface area contributed by atoms with Gasteiger partial charge >= 0.3 is 0 Å². The molecule has 0 radical (unpaired) electrons. The highest BCUT2D eigenvalue weighted by Gasteiger charge is 2.18. The standard InChI is InChI=1S/C22H30N2O2/c1-23-12-14-24(15-13-23)16-21(25)17-26-18-22(19-8-4-2-5-9-19)20-10-6-3-7-11-20/h2-11,21-22,25H,12-18H2,1H3/t21-/m1/s1. The quantitative estimate of drug-likeness (QED) is 0.790. The van der Waals surface area contributed by atoms with Crippen LogP contribution in [0.3, 0.4) is 0 Å². The van der Waals surface area contributed by atoms with E-state index in [1.807, 2.05) is 12.1 Å². The molecule has 0 bridgehead atoms. The summed E-state index contributed by atoms with van der Waals surface area (Å²) in [5.41, 5.74) is 2.49. The van der Waals surface area contributed by atoms with Crippen LogP contribution in [-0.4, -0.2) is 74.0 Å². The number of benzene rings is 2. The van der Waals surface area contributed by atoms with Crippen molar-refractivity contribution in [3.05, 3.63) is 71.8 Å². The van der Waals surface area contributed by atoms with Crippen LogP contribution in [-0.2, 0) is 4.74 Å². The van der Waals surface area contributed by atoms with E-state index in [4.69, 9.17) is 4.74 Å². The van der Waals surface area contributed by atoms with E-state index in [-0.39, 0.29) is 5.92 Å². The molecular formula is C22H30N2O2. The van der Waals surface area contributed by atoms with E-state index in [0.29, 0.717) is 19.8 Å². The molecule has 140 valence electrons. The highest BCUT2D eigenvalue weighted by Crippen LogP contribution is 2.24. The maximum absolute atomic E-state index is 10.3. The zero-order chi connectivity index (χ0) is 18.2. The summed E-state index contributed by atoms with van der Waals surface area (Å²) >= 11 is 0. The summed E-state index contributed by atoms with van der Waals surface area (Å²) in [4.78, 5) is 4.64. The van der Waals surface area contributed by atoms with E-state index >= 15 is 0 Å². The van der Waals surface area contributed by atoms with Crippen molar-refractivity contribution in [2.24, 2.45) is 0 Å². The van der Waals surface area contributed by atoms with Crippen LogP contribution in [0.5, 0.6) is 0 Å². The van der Waals surface area contributed by atoms with Crippen LogP contribution in [0.15, 0.2) is 60.7 Å². The molecule has 2 aromatic carbocycles. The number of aliphatic hydroxyl groups excluding tert-OH is 1. The number of rotatable bonds is 8. The zero-order valence-electron chi connectivity index (χ0n) is 15.6. The van der Waals surface area contributed by atoms with Gasteiger partial charge in [-0.1, -0.05) is 60.7 Å². The predicted octanol–water partition coefficient (Wildman–Crippen LogP) is 2.44. The summed E-state index contributed by atoms with van der Waals surface area (Å²) in [5, 5.41) is 10.3. The van der Waals surface area contributed by atoms with Crippen molar-refractivity contribution in [3.63, 3.8) is 0 Å². The molecule has 1 N–H and O–H groups in total. The van der Waals surface area contributed by atoms with Gasteiger partial charge in [0.15, 0.2) is 0 Å². The molecule has 1 fully saturated rings. The lowest BCUT2D eigenvalue weighted by atomic mass is 9.92. The molecule has 4 nitrogen and oxygen atoms in total. The average Bonchev–Trinajstić information content (AvgIpc) is 2.68. The molecular weight excluding hydrogens is 324 g/mol. The number of ether oxygens (including phenoxy) is 1. The normalized spacial score (nSPS) is 17.5. The molecule has 1 aliphatic rings. The molecule has 2 aromatic rings. The second-order valence-corrected chi connectivity index (χ2v) is 7.17. The Morgan fingerprint density at radius 3 is 1.92 bits per heavy atom. The second-order valence-electron chi connectivity index (χ2n) is 7.17. The monoisotopic (exact) mass is 354 g/mol. The molecule has 0 amide bonds. The Morgan fingerprint density at radius 2 is 1.38 bits per heavy atom. The third kappa shape index (κ3) is 5.64. The Balaban J connectivity index is 1.52. The van der Waals surface area contributed by atoms with Crippen molar-refractivity contribution in [1.29, 1.82) is 0 Å². The summed E-state index contributed by atoms with van der Waals surface area (Å²) in [7, 11) is 2.14. The highest BCUT2D eigenvalue weighted by molar-refractivity contribution is 5.32. The van der Waals surface area contributed by atoms with Crippen LogP contribution < -0.4 is 0 Å². The molecule has 4 heteroatoms. The van der Waals surface area contributed by atoms with Crippen LogP contribution in [0, 0.1) is 0 Å². The lowest BCUT2D eigenvalue weighted by molar-refractivity contribution is 0.00696. The van der Waals surface area contributed by atoms with Gasteiger partial charge in [-0.3, -0.25) is 4.90 Å². The van der Waals surface area contributed by atoms with Crippen molar-refractivity contribution in [2.45, 2.75) is 12.0 Å². The fourth-order valence-electron chi connectivity index (χ4n) is 3.46. The van der Waals surface area contributed by atoms with Crippen molar-refractivity contribution >= 4 is 0 Å². The highest BCUT2D eigenvalue weighted by atomic mass is 16.5. The van der Waals surface area contributed by atoms with Crippen molar-refractivity contribution in [2.75, 3.05) is 53.0 Å². The minimum atomic E-state index is -0.439. The first-order chi connectivity index (χ1) is 12.7. The summed E-state index contributed by atoms with van der Waals surface area (Å²) in [5.74, 6) is 0.188. The number of likely N-dealkylation sites (N-methyl/N-ethyl adjacent to an activating group) is 1. The molecule has 1 heterocycles.